The summed E-state index contributed by atoms with van der Waals surface area (Å²) >= 11 is 0. The van der Waals surface area contributed by atoms with E-state index in [4.69, 9.17) is 4.74 Å². The second kappa shape index (κ2) is 13.7. The van der Waals surface area contributed by atoms with Crippen molar-refractivity contribution < 1.29 is 9.53 Å². The van der Waals surface area contributed by atoms with E-state index < -0.39 is 0 Å². The number of unbranched alkanes of at least 4 members (excludes halogenated alkanes) is 1. The summed E-state index contributed by atoms with van der Waals surface area (Å²) in [4.78, 5) is 11.3. The highest BCUT2D eigenvalue weighted by Crippen LogP contribution is 2.20. The van der Waals surface area contributed by atoms with Crippen molar-refractivity contribution in [3.63, 3.8) is 0 Å². The van der Waals surface area contributed by atoms with E-state index >= 15 is 0 Å². The van der Waals surface area contributed by atoms with Gasteiger partial charge in [0, 0.05) is 31.2 Å². The lowest BCUT2D eigenvalue weighted by atomic mass is 10.0. The van der Waals surface area contributed by atoms with Crippen LogP contribution in [-0.2, 0) is 9.53 Å². The number of ether oxygens (including phenoxy) is 1. The van der Waals surface area contributed by atoms with Crippen LogP contribution in [0, 0.1) is 5.92 Å². The van der Waals surface area contributed by atoms with E-state index in [1.165, 1.54) is 0 Å². The summed E-state index contributed by atoms with van der Waals surface area (Å²) in [5, 5.41) is 3.28. The van der Waals surface area contributed by atoms with Crippen molar-refractivity contribution in [1.29, 1.82) is 0 Å². The molecule has 5 heteroatoms. The van der Waals surface area contributed by atoms with Crippen LogP contribution >= 0.6 is 21.6 Å². The highest BCUT2D eigenvalue weighted by molar-refractivity contribution is 8.76. The minimum Gasteiger partial charge on any atom is -0.370 e. The molecular formula is C13H27NO2S2. The molecule has 0 aromatic carbocycles. The van der Waals surface area contributed by atoms with Gasteiger partial charge in [0.2, 0.25) is 0 Å². The Morgan fingerprint density at radius 3 is 2.72 bits per heavy atom. The van der Waals surface area contributed by atoms with E-state index in [1.54, 1.807) is 10.8 Å². The highest BCUT2D eigenvalue weighted by atomic mass is 33.1. The van der Waals surface area contributed by atoms with Crippen molar-refractivity contribution in [3.05, 3.63) is 0 Å². The maximum absolute atomic E-state index is 11.3. The molecular weight excluding hydrogens is 266 g/mol. The Morgan fingerprint density at radius 1 is 1.28 bits per heavy atom. The summed E-state index contributed by atoms with van der Waals surface area (Å²) in [7, 11) is 3.60. The summed E-state index contributed by atoms with van der Waals surface area (Å²) in [6.07, 6.45) is 2.64. The molecule has 0 aliphatic rings. The number of carbonyl (C=O) groups excluding carboxylic acids is 1. The predicted molar refractivity (Wildman–Crippen MR) is 83.1 cm³/mol. The number of Topliss-reactive ketones (excluding diaryl/α,β-unsaturated/α-hetero) is 1. The molecule has 0 radical (unpaired) electrons. The molecule has 0 aliphatic heterocycles. The molecule has 0 aromatic heterocycles. The number of nitrogens with one attached hydrogen (secondary N) is 1. The first-order chi connectivity index (χ1) is 8.68. The van der Waals surface area contributed by atoms with Gasteiger partial charge in [-0.15, -0.1) is 0 Å². The van der Waals surface area contributed by atoms with Gasteiger partial charge in [-0.25, -0.2) is 0 Å². The summed E-state index contributed by atoms with van der Waals surface area (Å²) in [6.45, 7) is 8.90. The molecule has 0 fully saturated rings. The standard InChI is InChI=1S/C13H27NO2S2/c1-4-14-8-10-17-18-11-16-9-6-5-7-13(15)12(2)3/h12,14H,4-11H2,1-3H3. The van der Waals surface area contributed by atoms with Gasteiger partial charge in [0.1, 0.15) is 11.7 Å². The molecule has 0 saturated carbocycles. The minimum absolute atomic E-state index is 0.176. The monoisotopic (exact) mass is 293 g/mol. The topological polar surface area (TPSA) is 38.3 Å². The Balaban J connectivity index is 3.05. The highest BCUT2D eigenvalue weighted by Gasteiger charge is 2.05. The van der Waals surface area contributed by atoms with Crippen LogP contribution in [0.25, 0.3) is 0 Å². The van der Waals surface area contributed by atoms with E-state index in [-0.39, 0.29) is 5.92 Å². The third-order valence-electron chi connectivity index (χ3n) is 2.43. The Hall–Kier alpha value is 0.290. The zero-order valence-corrected chi connectivity index (χ0v) is 13.5. The quantitative estimate of drug-likeness (QED) is 0.320. The molecule has 0 amide bonds. The fraction of sp³-hybridized carbons (Fsp3) is 0.923. The Labute approximate surface area is 120 Å². The van der Waals surface area contributed by atoms with Crippen LogP contribution in [0.2, 0.25) is 0 Å². The first-order valence-corrected chi connectivity index (χ1v) is 9.22. The zero-order valence-electron chi connectivity index (χ0n) is 11.9. The number of carbonyl (C=O) groups is 1. The van der Waals surface area contributed by atoms with Gasteiger partial charge in [0.05, 0.1) is 0 Å². The van der Waals surface area contributed by atoms with Crippen LogP contribution in [0.15, 0.2) is 0 Å². The van der Waals surface area contributed by atoms with Gasteiger partial charge in [-0.1, -0.05) is 42.4 Å². The number of hydrogen-bond donors (Lipinski definition) is 1. The van der Waals surface area contributed by atoms with Crippen molar-refractivity contribution >= 4 is 27.4 Å². The van der Waals surface area contributed by atoms with Crippen LogP contribution in [0.5, 0.6) is 0 Å². The SMILES string of the molecule is CCNCCSSCOCCCCC(=O)C(C)C. The number of rotatable bonds is 13. The molecule has 0 unspecified atom stereocenters. The normalized spacial score (nSPS) is 11.1. The first kappa shape index (κ1) is 18.3. The fourth-order valence-electron chi connectivity index (χ4n) is 1.27. The first-order valence-electron chi connectivity index (χ1n) is 6.74. The third kappa shape index (κ3) is 12.7. The molecule has 0 heterocycles. The summed E-state index contributed by atoms with van der Waals surface area (Å²) in [5.41, 5.74) is 0. The summed E-state index contributed by atoms with van der Waals surface area (Å²) in [5.74, 6) is 2.40. The molecule has 108 valence electrons. The van der Waals surface area contributed by atoms with E-state index in [1.807, 2.05) is 24.6 Å². The average molecular weight is 293 g/mol. The van der Waals surface area contributed by atoms with Crippen LogP contribution in [0.1, 0.15) is 40.0 Å². The zero-order chi connectivity index (χ0) is 13.6. The van der Waals surface area contributed by atoms with Gasteiger partial charge >= 0.3 is 0 Å². The van der Waals surface area contributed by atoms with Gasteiger partial charge in [-0.05, 0) is 19.4 Å². The smallest absolute Gasteiger partial charge is 0.135 e. The van der Waals surface area contributed by atoms with Crippen LogP contribution in [0.4, 0.5) is 0 Å². The minimum atomic E-state index is 0.176. The molecule has 0 rings (SSSR count). The van der Waals surface area contributed by atoms with Crippen LogP contribution in [0.3, 0.4) is 0 Å². The lowest BCUT2D eigenvalue weighted by Crippen LogP contribution is -2.15. The van der Waals surface area contributed by atoms with E-state index in [0.29, 0.717) is 12.2 Å². The van der Waals surface area contributed by atoms with Gasteiger partial charge in [0.15, 0.2) is 0 Å². The summed E-state index contributed by atoms with van der Waals surface area (Å²) in [6, 6.07) is 0. The maximum Gasteiger partial charge on any atom is 0.135 e. The van der Waals surface area contributed by atoms with Crippen molar-refractivity contribution in [3.8, 4) is 0 Å². The Morgan fingerprint density at radius 2 is 2.06 bits per heavy atom. The number of hydrogen-bond acceptors (Lipinski definition) is 5. The Bertz CT molecular complexity index is 201. The predicted octanol–water partition coefficient (Wildman–Crippen LogP) is 3.35. The van der Waals surface area contributed by atoms with E-state index in [9.17, 15) is 4.79 Å². The van der Waals surface area contributed by atoms with E-state index in [2.05, 4.69) is 12.2 Å². The van der Waals surface area contributed by atoms with Gasteiger partial charge in [-0.3, -0.25) is 4.79 Å². The third-order valence-corrected chi connectivity index (χ3v) is 4.52. The summed E-state index contributed by atoms with van der Waals surface area (Å²) < 4.78 is 5.49. The lowest BCUT2D eigenvalue weighted by Gasteiger charge is -2.05. The molecule has 0 atom stereocenters. The van der Waals surface area contributed by atoms with Crippen molar-refractivity contribution in [2.75, 3.05) is 31.4 Å². The molecule has 0 aromatic rings. The van der Waals surface area contributed by atoms with Crippen LogP contribution in [-0.4, -0.2) is 37.2 Å². The molecule has 3 nitrogen and oxygen atoms in total. The second-order valence-corrected chi connectivity index (χ2v) is 6.93. The fourth-order valence-corrected chi connectivity index (χ4v) is 2.88. The molecule has 1 N–H and O–H groups in total. The average Bonchev–Trinajstić information content (AvgIpc) is 2.35. The van der Waals surface area contributed by atoms with E-state index in [0.717, 1.165) is 44.2 Å². The Kier molecular flexibility index (Phi) is 13.9. The molecule has 0 bridgehead atoms. The van der Waals surface area contributed by atoms with Crippen LogP contribution < -0.4 is 5.32 Å². The molecule has 0 saturated heterocycles. The molecule has 0 spiro atoms. The van der Waals surface area contributed by atoms with Crippen molar-refractivity contribution in [2.45, 2.75) is 40.0 Å². The maximum atomic E-state index is 11.3. The van der Waals surface area contributed by atoms with Crippen molar-refractivity contribution in [1.82, 2.24) is 5.32 Å². The number of ketones is 1. The van der Waals surface area contributed by atoms with Gasteiger partial charge in [-0.2, -0.15) is 0 Å². The van der Waals surface area contributed by atoms with Gasteiger partial charge < -0.3 is 10.1 Å². The van der Waals surface area contributed by atoms with Crippen molar-refractivity contribution in [2.24, 2.45) is 5.92 Å². The second-order valence-electron chi connectivity index (χ2n) is 4.40. The molecule has 18 heavy (non-hydrogen) atoms. The molecule has 0 aliphatic carbocycles. The van der Waals surface area contributed by atoms with Gasteiger partial charge in [0.25, 0.3) is 0 Å². The largest absolute Gasteiger partial charge is 0.370 e. The lowest BCUT2D eigenvalue weighted by molar-refractivity contribution is -0.122.